The zero-order valence-electron chi connectivity index (χ0n) is 12.1. The number of hydrogen-bond acceptors (Lipinski definition) is 3. The van der Waals surface area contributed by atoms with Crippen molar-refractivity contribution < 1.29 is 8.42 Å². The summed E-state index contributed by atoms with van der Waals surface area (Å²) in [7, 11) is -1.64. The second-order valence-corrected chi connectivity index (χ2v) is 7.93. The number of hydrogen-bond donors (Lipinski definition) is 2. The molecule has 2 aliphatic carbocycles. The summed E-state index contributed by atoms with van der Waals surface area (Å²) < 4.78 is 28.2. The van der Waals surface area contributed by atoms with Crippen molar-refractivity contribution in [1.82, 2.24) is 14.3 Å². The molecule has 0 aliphatic heterocycles. The van der Waals surface area contributed by atoms with E-state index in [2.05, 4.69) is 17.0 Å². The van der Waals surface area contributed by atoms with E-state index in [0.717, 1.165) is 18.9 Å². The van der Waals surface area contributed by atoms with Crippen LogP contribution in [0.15, 0.2) is 0 Å². The van der Waals surface area contributed by atoms with Gasteiger partial charge in [0.25, 0.3) is 10.2 Å². The Morgan fingerprint density at radius 1 is 1.26 bits per heavy atom. The summed E-state index contributed by atoms with van der Waals surface area (Å²) in [6.07, 6.45) is 5.92. The third-order valence-electron chi connectivity index (χ3n) is 4.08. The average Bonchev–Trinajstić information content (AvgIpc) is 3.23. The molecule has 0 aromatic rings. The Bertz CT molecular complexity index is 377. The van der Waals surface area contributed by atoms with Gasteiger partial charge in [-0.1, -0.05) is 6.92 Å². The maximum atomic E-state index is 12.0. The minimum Gasteiger partial charge on any atom is -0.314 e. The topological polar surface area (TPSA) is 61.4 Å². The zero-order chi connectivity index (χ0) is 13.9. The molecular formula is C13H27N3O2S. The first-order chi connectivity index (χ1) is 8.99. The lowest BCUT2D eigenvalue weighted by molar-refractivity contribution is 0.430. The molecule has 0 heterocycles. The molecule has 0 bridgehead atoms. The Morgan fingerprint density at radius 3 is 2.53 bits per heavy atom. The van der Waals surface area contributed by atoms with Crippen LogP contribution in [-0.4, -0.2) is 45.4 Å². The van der Waals surface area contributed by atoms with Crippen molar-refractivity contribution in [3.05, 3.63) is 0 Å². The predicted molar refractivity (Wildman–Crippen MR) is 77.1 cm³/mol. The van der Waals surface area contributed by atoms with Crippen LogP contribution in [0.3, 0.4) is 0 Å². The van der Waals surface area contributed by atoms with Crippen LogP contribution in [0.2, 0.25) is 0 Å². The van der Waals surface area contributed by atoms with Crippen LogP contribution in [0.5, 0.6) is 0 Å². The second-order valence-electron chi connectivity index (χ2n) is 6.07. The summed E-state index contributed by atoms with van der Waals surface area (Å²) in [5.41, 5.74) is 0. The van der Waals surface area contributed by atoms with Gasteiger partial charge in [0.2, 0.25) is 0 Å². The summed E-state index contributed by atoms with van der Waals surface area (Å²) in [5, 5.41) is 3.39. The van der Waals surface area contributed by atoms with Gasteiger partial charge in [-0.2, -0.15) is 12.7 Å². The molecule has 0 aromatic carbocycles. The van der Waals surface area contributed by atoms with E-state index in [0.29, 0.717) is 25.0 Å². The molecule has 2 rings (SSSR count). The van der Waals surface area contributed by atoms with Crippen molar-refractivity contribution in [3.8, 4) is 0 Å². The summed E-state index contributed by atoms with van der Waals surface area (Å²) in [4.78, 5) is 0. The van der Waals surface area contributed by atoms with E-state index in [4.69, 9.17) is 0 Å². The smallest absolute Gasteiger partial charge is 0.279 e. The molecule has 1 unspecified atom stereocenters. The van der Waals surface area contributed by atoms with E-state index >= 15 is 0 Å². The van der Waals surface area contributed by atoms with E-state index in [1.807, 2.05) is 0 Å². The first-order valence-corrected chi connectivity index (χ1v) is 8.87. The van der Waals surface area contributed by atoms with Gasteiger partial charge in [0.05, 0.1) is 0 Å². The highest BCUT2D eigenvalue weighted by atomic mass is 32.2. The van der Waals surface area contributed by atoms with Gasteiger partial charge in [0, 0.05) is 26.2 Å². The van der Waals surface area contributed by atoms with Crippen molar-refractivity contribution in [2.75, 3.05) is 26.7 Å². The molecule has 2 fully saturated rings. The number of rotatable bonds is 10. The lowest BCUT2D eigenvalue weighted by Crippen LogP contribution is -2.41. The Kier molecular flexibility index (Phi) is 5.22. The van der Waals surface area contributed by atoms with Crippen LogP contribution in [0.1, 0.15) is 39.0 Å². The van der Waals surface area contributed by atoms with Crippen LogP contribution in [0.25, 0.3) is 0 Å². The largest absolute Gasteiger partial charge is 0.314 e. The monoisotopic (exact) mass is 289 g/mol. The molecule has 6 heteroatoms. The Labute approximate surface area is 117 Å². The third-order valence-corrected chi connectivity index (χ3v) is 5.62. The molecule has 0 spiro atoms. The highest BCUT2D eigenvalue weighted by Gasteiger charge is 2.29. The third kappa shape index (κ3) is 5.38. The van der Waals surface area contributed by atoms with E-state index in [9.17, 15) is 8.42 Å². The Balaban J connectivity index is 1.61. The molecule has 0 saturated heterocycles. The first kappa shape index (κ1) is 15.2. The van der Waals surface area contributed by atoms with Crippen molar-refractivity contribution in [2.45, 2.75) is 45.1 Å². The number of nitrogens with one attached hydrogen (secondary N) is 2. The van der Waals surface area contributed by atoms with E-state index in [1.54, 1.807) is 7.05 Å². The molecule has 5 nitrogen and oxygen atoms in total. The highest BCUT2D eigenvalue weighted by molar-refractivity contribution is 7.87. The van der Waals surface area contributed by atoms with Crippen LogP contribution >= 0.6 is 0 Å². The van der Waals surface area contributed by atoms with Gasteiger partial charge in [-0.05, 0) is 50.5 Å². The van der Waals surface area contributed by atoms with Crippen LogP contribution in [0, 0.1) is 11.8 Å². The molecule has 1 atom stereocenters. The van der Waals surface area contributed by atoms with Crippen LogP contribution in [-0.2, 0) is 10.2 Å². The van der Waals surface area contributed by atoms with Crippen LogP contribution in [0.4, 0.5) is 0 Å². The van der Waals surface area contributed by atoms with Gasteiger partial charge in [0.1, 0.15) is 0 Å². The molecular weight excluding hydrogens is 262 g/mol. The minimum atomic E-state index is -3.29. The highest BCUT2D eigenvalue weighted by Crippen LogP contribution is 2.36. The standard InChI is InChI=1S/C13H27N3O2S/c1-11(12-4-5-12)10-15-19(17,18)16(2)9-3-8-14-13-6-7-13/h11-15H,3-10H2,1-2H3. The van der Waals surface area contributed by atoms with E-state index in [-0.39, 0.29) is 0 Å². The van der Waals surface area contributed by atoms with Gasteiger partial charge in [-0.15, -0.1) is 0 Å². The fraction of sp³-hybridized carbons (Fsp3) is 1.00. The molecule has 2 N–H and O–H groups in total. The minimum absolute atomic E-state index is 0.458. The maximum absolute atomic E-state index is 12.0. The molecule has 0 amide bonds. The molecule has 0 aromatic heterocycles. The summed E-state index contributed by atoms with van der Waals surface area (Å²) >= 11 is 0. The predicted octanol–water partition coefficient (Wildman–Crippen LogP) is 0.941. The molecule has 2 aliphatic rings. The number of nitrogens with zero attached hydrogens (tertiary/aromatic N) is 1. The fourth-order valence-corrected chi connectivity index (χ4v) is 3.26. The van der Waals surface area contributed by atoms with Gasteiger partial charge in [-0.3, -0.25) is 0 Å². The van der Waals surface area contributed by atoms with Gasteiger partial charge < -0.3 is 5.32 Å². The Hall–Kier alpha value is -0.170. The Morgan fingerprint density at radius 2 is 1.95 bits per heavy atom. The van der Waals surface area contributed by atoms with Crippen molar-refractivity contribution in [2.24, 2.45) is 11.8 Å². The van der Waals surface area contributed by atoms with Gasteiger partial charge in [0.15, 0.2) is 0 Å². The summed E-state index contributed by atoms with van der Waals surface area (Å²) in [5.74, 6) is 1.19. The first-order valence-electron chi connectivity index (χ1n) is 7.43. The van der Waals surface area contributed by atoms with Crippen LogP contribution < -0.4 is 10.0 Å². The molecule has 2 saturated carbocycles. The van der Waals surface area contributed by atoms with Gasteiger partial charge >= 0.3 is 0 Å². The summed E-state index contributed by atoms with van der Waals surface area (Å²) in [6.45, 7) is 4.17. The quantitative estimate of drug-likeness (QED) is 0.588. The van der Waals surface area contributed by atoms with Crippen molar-refractivity contribution in [1.29, 1.82) is 0 Å². The fourth-order valence-electron chi connectivity index (χ4n) is 2.19. The van der Waals surface area contributed by atoms with Crippen molar-refractivity contribution in [3.63, 3.8) is 0 Å². The van der Waals surface area contributed by atoms with Crippen molar-refractivity contribution >= 4 is 10.2 Å². The SMILES string of the molecule is CC(CNS(=O)(=O)N(C)CCCNC1CC1)C1CC1. The zero-order valence-corrected chi connectivity index (χ0v) is 12.9. The van der Waals surface area contributed by atoms with E-state index in [1.165, 1.54) is 30.0 Å². The molecule has 112 valence electrons. The lowest BCUT2D eigenvalue weighted by Gasteiger charge is -2.19. The molecule has 19 heavy (non-hydrogen) atoms. The molecule has 0 radical (unpaired) electrons. The average molecular weight is 289 g/mol. The normalized spacial score (nSPS) is 21.8. The maximum Gasteiger partial charge on any atom is 0.279 e. The van der Waals surface area contributed by atoms with Gasteiger partial charge in [-0.25, -0.2) is 4.72 Å². The second kappa shape index (κ2) is 6.52. The summed E-state index contributed by atoms with van der Waals surface area (Å²) in [6, 6.07) is 0.694. The van der Waals surface area contributed by atoms with E-state index < -0.39 is 10.2 Å². The lowest BCUT2D eigenvalue weighted by atomic mass is 10.1.